The number of rotatable bonds is 5. The van der Waals surface area contributed by atoms with Gasteiger partial charge in [-0.3, -0.25) is 9.59 Å². The lowest BCUT2D eigenvalue weighted by molar-refractivity contribution is -0.132. The van der Waals surface area contributed by atoms with E-state index < -0.39 is 10.0 Å². The summed E-state index contributed by atoms with van der Waals surface area (Å²) in [5.41, 5.74) is 0. The van der Waals surface area contributed by atoms with E-state index in [1.165, 1.54) is 29.4 Å². The molecule has 1 heterocycles. The van der Waals surface area contributed by atoms with Crippen molar-refractivity contribution >= 4 is 45.0 Å². The van der Waals surface area contributed by atoms with Crippen molar-refractivity contribution < 1.29 is 18.0 Å². The maximum atomic E-state index is 12.7. The number of nitrogens with one attached hydrogen (secondary N) is 1. The second-order valence-electron chi connectivity index (χ2n) is 5.59. The number of nitrogens with zero attached hydrogens (tertiary/aromatic N) is 2. The highest BCUT2D eigenvalue weighted by molar-refractivity contribution is 7.89. The lowest BCUT2D eigenvalue weighted by Gasteiger charge is -2.34. The van der Waals surface area contributed by atoms with Gasteiger partial charge in [-0.1, -0.05) is 23.2 Å². The van der Waals surface area contributed by atoms with Gasteiger partial charge >= 0.3 is 0 Å². The van der Waals surface area contributed by atoms with Crippen molar-refractivity contribution in [1.29, 1.82) is 0 Å². The summed E-state index contributed by atoms with van der Waals surface area (Å²) in [5, 5.41) is 2.96. The maximum Gasteiger partial charge on any atom is 0.244 e. The van der Waals surface area contributed by atoms with Gasteiger partial charge in [0, 0.05) is 51.1 Å². The molecule has 0 bridgehead atoms. The summed E-state index contributed by atoms with van der Waals surface area (Å²) >= 11 is 11.9. The van der Waals surface area contributed by atoms with Crippen LogP contribution in [-0.4, -0.2) is 62.2 Å². The number of benzene rings is 1. The van der Waals surface area contributed by atoms with Gasteiger partial charge in [0.1, 0.15) is 4.90 Å². The summed E-state index contributed by atoms with van der Waals surface area (Å²) in [4.78, 5) is 24.4. The number of carbonyl (C=O) groups excluding carboxylic acids is 2. The Morgan fingerprint density at radius 2 is 1.80 bits per heavy atom. The second-order valence-corrected chi connectivity index (χ2v) is 8.34. The van der Waals surface area contributed by atoms with Gasteiger partial charge in [-0.05, 0) is 18.2 Å². The van der Waals surface area contributed by atoms with Crippen molar-refractivity contribution in [2.45, 2.75) is 18.2 Å². The SMILES string of the molecule is CC(=O)NCCC(=O)N1CCN(S(=O)(=O)c2cc(Cl)ccc2Cl)CC1. The number of halogens is 2. The van der Waals surface area contributed by atoms with E-state index in [0.717, 1.165) is 0 Å². The van der Waals surface area contributed by atoms with Crippen LogP contribution in [0.1, 0.15) is 13.3 Å². The Labute approximate surface area is 156 Å². The van der Waals surface area contributed by atoms with Gasteiger partial charge in [0.2, 0.25) is 21.8 Å². The molecule has 0 atom stereocenters. The topological polar surface area (TPSA) is 86.8 Å². The number of piperazine rings is 1. The number of amides is 2. The third-order valence-corrected chi connectivity index (χ3v) is 6.43. The summed E-state index contributed by atoms with van der Waals surface area (Å²) in [7, 11) is -3.77. The Bertz CT molecular complexity index is 762. The molecule has 2 rings (SSSR count). The highest BCUT2D eigenvalue weighted by atomic mass is 35.5. The van der Waals surface area contributed by atoms with E-state index in [9.17, 15) is 18.0 Å². The minimum absolute atomic E-state index is 0.0351. The third-order valence-electron chi connectivity index (χ3n) is 3.82. The predicted octanol–water partition coefficient (Wildman–Crippen LogP) is 1.35. The van der Waals surface area contributed by atoms with Crippen molar-refractivity contribution in [2.75, 3.05) is 32.7 Å². The fraction of sp³-hybridized carbons (Fsp3) is 0.467. The first-order chi connectivity index (χ1) is 11.7. The fourth-order valence-corrected chi connectivity index (χ4v) is 4.65. The molecule has 1 fully saturated rings. The molecule has 1 N–H and O–H groups in total. The molecule has 0 aromatic heterocycles. The Hall–Kier alpha value is -1.35. The van der Waals surface area contributed by atoms with E-state index in [1.54, 1.807) is 4.90 Å². The molecule has 10 heteroatoms. The van der Waals surface area contributed by atoms with Gasteiger partial charge in [-0.15, -0.1) is 0 Å². The van der Waals surface area contributed by atoms with Crippen LogP contribution in [0.2, 0.25) is 10.0 Å². The first-order valence-electron chi connectivity index (χ1n) is 7.69. The molecule has 1 aromatic rings. The molecular formula is C15H19Cl2N3O4S. The average molecular weight is 408 g/mol. The van der Waals surface area contributed by atoms with Crippen LogP contribution in [-0.2, 0) is 19.6 Å². The van der Waals surface area contributed by atoms with Crippen molar-refractivity contribution in [3.8, 4) is 0 Å². The molecule has 25 heavy (non-hydrogen) atoms. The molecule has 1 saturated heterocycles. The first-order valence-corrected chi connectivity index (χ1v) is 9.89. The summed E-state index contributed by atoms with van der Waals surface area (Å²) in [6.45, 7) is 2.58. The first kappa shape index (κ1) is 20.0. The molecule has 1 aliphatic rings. The van der Waals surface area contributed by atoms with Gasteiger partial charge in [0.05, 0.1) is 5.02 Å². The molecule has 0 aliphatic carbocycles. The smallest absolute Gasteiger partial charge is 0.244 e. The normalized spacial score (nSPS) is 15.9. The van der Waals surface area contributed by atoms with Crippen molar-refractivity contribution in [3.05, 3.63) is 28.2 Å². The van der Waals surface area contributed by atoms with E-state index in [2.05, 4.69) is 5.32 Å². The minimum atomic E-state index is -3.77. The fourth-order valence-electron chi connectivity index (χ4n) is 2.50. The summed E-state index contributed by atoms with van der Waals surface area (Å²) in [6, 6.07) is 4.29. The standard InChI is InChI=1S/C15H19Cl2N3O4S/c1-11(21)18-5-4-15(22)19-6-8-20(9-7-19)25(23,24)14-10-12(16)2-3-13(14)17/h2-3,10H,4-9H2,1H3,(H,18,21). The van der Waals surface area contributed by atoms with Crippen molar-refractivity contribution in [3.63, 3.8) is 0 Å². The molecule has 1 aromatic carbocycles. The average Bonchev–Trinajstić information content (AvgIpc) is 2.56. The largest absolute Gasteiger partial charge is 0.356 e. The van der Waals surface area contributed by atoms with Gasteiger partial charge in [0.15, 0.2) is 0 Å². The lowest BCUT2D eigenvalue weighted by atomic mass is 10.3. The molecular weight excluding hydrogens is 389 g/mol. The lowest BCUT2D eigenvalue weighted by Crippen LogP contribution is -2.50. The van der Waals surface area contributed by atoms with E-state index in [-0.39, 0.29) is 65.9 Å². The Balaban J connectivity index is 1.98. The van der Waals surface area contributed by atoms with E-state index in [1.807, 2.05) is 0 Å². The van der Waals surface area contributed by atoms with Crippen LogP contribution in [0.15, 0.2) is 23.1 Å². The van der Waals surface area contributed by atoms with Crippen LogP contribution in [0.4, 0.5) is 0 Å². The number of hydrogen-bond donors (Lipinski definition) is 1. The van der Waals surface area contributed by atoms with Crippen molar-refractivity contribution in [1.82, 2.24) is 14.5 Å². The Morgan fingerprint density at radius 3 is 2.40 bits per heavy atom. The molecule has 1 aliphatic heterocycles. The summed E-state index contributed by atoms with van der Waals surface area (Å²) in [5.74, 6) is -0.311. The zero-order valence-corrected chi connectivity index (χ0v) is 16.0. The third kappa shape index (κ3) is 5.07. The zero-order chi connectivity index (χ0) is 18.6. The minimum Gasteiger partial charge on any atom is -0.356 e. The van der Waals surface area contributed by atoms with Crippen LogP contribution in [0, 0.1) is 0 Å². The molecule has 2 amide bonds. The second kappa shape index (κ2) is 8.35. The van der Waals surface area contributed by atoms with Crippen LogP contribution in [0.25, 0.3) is 0 Å². The highest BCUT2D eigenvalue weighted by Gasteiger charge is 2.31. The maximum absolute atomic E-state index is 12.7. The molecule has 138 valence electrons. The predicted molar refractivity (Wildman–Crippen MR) is 95.1 cm³/mol. The Kier molecular flexibility index (Phi) is 6.67. The number of hydrogen-bond acceptors (Lipinski definition) is 4. The van der Waals surface area contributed by atoms with Gasteiger partial charge in [0.25, 0.3) is 0 Å². The monoisotopic (exact) mass is 407 g/mol. The van der Waals surface area contributed by atoms with E-state index in [4.69, 9.17) is 23.2 Å². The van der Waals surface area contributed by atoms with Gasteiger partial charge < -0.3 is 10.2 Å². The highest BCUT2D eigenvalue weighted by Crippen LogP contribution is 2.28. The summed E-state index contributed by atoms with van der Waals surface area (Å²) < 4.78 is 26.7. The van der Waals surface area contributed by atoms with Crippen LogP contribution in [0.3, 0.4) is 0 Å². The van der Waals surface area contributed by atoms with Crippen molar-refractivity contribution in [2.24, 2.45) is 0 Å². The number of carbonyl (C=O) groups is 2. The molecule has 0 unspecified atom stereocenters. The molecule has 7 nitrogen and oxygen atoms in total. The van der Waals surface area contributed by atoms with Crippen LogP contribution >= 0.6 is 23.2 Å². The quantitative estimate of drug-likeness (QED) is 0.797. The molecule has 0 spiro atoms. The van der Waals surface area contributed by atoms with Crippen LogP contribution in [0.5, 0.6) is 0 Å². The zero-order valence-electron chi connectivity index (χ0n) is 13.7. The van der Waals surface area contributed by atoms with Crippen LogP contribution < -0.4 is 5.32 Å². The van der Waals surface area contributed by atoms with E-state index in [0.29, 0.717) is 0 Å². The van der Waals surface area contributed by atoms with Gasteiger partial charge in [-0.2, -0.15) is 4.31 Å². The molecule has 0 saturated carbocycles. The Morgan fingerprint density at radius 1 is 1.16 bits per heavy atom. The molecule has 0 radical (unpaired) electrons. The van der Waals surface area contributed by atoms with E-state index >= 15 is 0 Å². The van der Waals surface area contributed by atoms with Gasteiger partial charge in [-0.25, -0.2) is 8.42 Å². The summed E-state index contributed by atoms with van der Waals surface area (Å²) in [6.07, 6.45) is 0.187. The number of sulfonamides is 1.